The van der Waals surface area contributed by atoms with Gasteiger partial charge in [0.1, 0.15) is 10.7 Å². The van der Waals surface area contributed by atoms with E-state index in [1.807, 2.05) is 12.3 Å². The molecule has 0 amide bonds. The number of carbonyl (C=O) groups is 1. The van der Waals surface area contributed by atoms with Gasteiger partial charge in [-0.3, -0.25) is 9.48 Å². The molecule has 90 valence electrons. The summed E-state index contributed by atoms with van der Waals surface area (Å²) in [5, 5.41) is 6.99. The minimum absolute atomic E-state index is 0.0882. The molecule has 0 spiro atoms. The number of Topliss-reactive ketones (excluding diaryl/α,β-unsaturated/α-hetero) is 1. The normalized spacial score (nSPS) is 10.7. The van der Waals surface area contributed by atoms with E-state index in [4.69, 9.17) is 0 Å². The fourth-order valence-electron chi connectivity index (χ4n) is 1.67. The Bertz CT molecular complexity index is 515. The van der Waals surface area contributed by atoms with Crippen molar-refractivity contribution in [1.29, 1.82) is 0 Å². The first-order chi connectivity index (χ1) is 8.20. The molecule has 17 heavy (non-hydrogen) atoms. The number of carbonyl (C=O) groups excluding carboxylic acids is 1. The quantitative estimate of drug-likeness (QED) is 0.765. The molecule has 2 heterocycles. The topological polar surface area (TPSA) is 47.8 Å². The summed E-state index contributed by atoms with van der Waals surface area (Å²) >= 11 is 1.53. The predicted octanol–water partition coefficient (Wildman–Crippen LogP) is 2.48. The largest absolute Gasteiger partial charge is 0.292 e. The Kier molecular flexibility index (Phi) is 3.68. The van der Waals surface area contributed by atoms with Crippen LogP contribution in [0.15, 0.2) is 17.6 Å². The zero-order chi connectivity index (χ0) is 12.3. The van der Waals surface area contributed by atoms with Gasteiger partial charge in [0, 0.05) is 23.8 Å². The monoisotopic (exact) mass is 249 g/mol. The van der Waals surface area contributed by atoms with Crippen LogP contribution in [0, 0.1) is 6.92 Å². The molecular weight excluding hydrogens is 234 g/mol. The summed E-state index contributed by atoms with van der Waals surface area (Å²) in [7, 11) is 0. The lowest BCUT2D eigenvalue weighted by Crippen LogP contribution is -2.12. The number of hydrogen-bond donors (Lipinski definition) is 0. The van der Waals surface area contributed by atoms with Crippen molar-refractivity contribution in [2.75, 3.05) is 0 Å². The van der Waals surface area contributed by atoms with Gasteiger partial charge in [-0.25, -0.2) is 4.98 Å². The Hall–Kier alpha value is -1.49. The maximum atomic E-state index is 12.1. The lowest BCUT2D eigenvalue weighted by atomic mass is 10.2. The van der Waals surface area contributed by atoms with Gasteiger partial charge < -0.3 is 0 Å². The average molecular weight is 249 g/mol. The maximum absolute atomic E-state index is 12.1. The molecule has 0 atom stereocenters. The van der Waals surface area contributed by atoms with Gasteiger partial charge in [-0.15, -0.1) is 11.3 Å². The Morgan fingerprint density at radius 1 is 1.53 bits per heavy atom. The maximum Gasteiger partial charge on any atom is 0.187 e. The minimum atomic E-state index is 0.0882. The Morgan fingerprint density at radius 3 is 3.00 bits per heavy atom. The predicted molar refractivity (Wildman–Crippen MR) is 67.4 cm³/mol. The van der Waals surface area contributed by atoms with Crippen molar-refractivity contribution in [2.24, 2.45) is 0 Å². The van der Waals surface area contributed by atoms with Crippen molar-refractivity contribution in [2.45, 2.75) is 33.2 Å². The number of rotatable bonds is 5. The average Bonchev–Trinajstić information content (AvgIpc) is 2.88. The zero-order valence-electron chi connectivity index (χ0n) is 10.0. The smallest absolute Gasteiger partial charge is 0.187 e. The first-order valence-corrected chi connectivity index (χ1v) is 6.54. The summed E-state index contributed by atoms with van der Waals surface area (Å²) in [6.45, 7) is 4.79. The summed E-state index contributed by atoms with van der Waals surface area (Å²) in [5.74, 6) is 0.0882. The number of ketones is 1. The third kappa shape index (κ3) is 2.79. The lowest BCUT2D eigenvalue weighted by molar-refractivity contribution is 0.0982. The van der Waals surface area contributed by atoms with Crippen LogP contribution in [-0.2, 0) is 13.0 Å². The molecule has 0 bridgehead atoms. The van der Waals surface area contributed by atoms with Gasteiger partial charge in [-0.1, -0.05) is 6.92 Å². The number of aromatic nitrogens is 3. The van der Waals surface area contributed by atoms with E-state index >= 15 is 0 Å². The molecule has 0 aliphatic carbocycles. The van der Waals surface area contributed by atoms with Crippen LogP contribution >= 0.6 is 11.3 Å². The molecule has 0 aliphatic rings. The van der Waals surface area contributed by atoms with Crippen LogP contribution in [0.3, 0.4) is 0 Å². The van der Waals surface area contributed by atoms with Crippen LogP contribution in [0.1, 0.15) is 34.5 Å². The SMILES string of the molecule is CCCn1nccc1C(=O)Cc1nc(C)cs1. The molecule has 2 aromatic heterocycles. The first-order valence-electron chi connectivity index (χ1n) is 5.66. The number of aryl methyl sites for hydroxylation is 2. The third-order valence-electron chi connectivity index (χ3n) is 2.42. The van der Waals surface area contributed by atoms with Crippen molar-refractivity contribution < 1.29 is 4.79 Å². The van der Waals surface area contributed by atoms with Crippen LogP contribution in [0.4, 0.5) is 0 Å². The van der Waals surface area contributed by atoms with Crippen molar-refractivity contribution >= 4 is 17.1 Å². The second kappa shape index (κ2) is 5.23. The molecule has 0 aromatic carbocycles. The Labute approximate surface area is 104 Å². The van der Waals surface area contributed by atoms with E-state index in [0.29, 0.717) is 12.1 Å². The van der Waals surface area contributed by atoms with Crippen LogP contribution in [-0.4, -0.2) is 20.5 Å². The zero-order valence-corrected chi connectivity index (χ0v) is 10.8. The van der Waals surface area contributed by atoms with Crippen molar-refractivity contribution in [3.63, 3.8) is 0 Å². The van der Waals surface area contributed by atoms with Gasteiger partial charge in [-0.2, -0.15) is 5.10 Å². The summed E-state index contributed by atoms with van der Waals surface area (Å²) in [6, 6.07) is 1.78. The second-order valence-electron chi connectivity index (χ2n) is 3.92. The van der Waals surface area contributed by atoms with Gasteiger partial charge >= 0.3 is 0 Å². The van der Waals surface area contributed by atoms with Crippen LogP contribution < -0.4 is 0 Å². The highest BCUT2D eigenvalue weighted by molar-refractivity contribution is 7.09. The fraction of sp³-hybridized carbons (Fsp3) is 0.417. The van der Waals surface area contributed by atoms with E-state index in [0.717, 1.165) is 23.7 Å². The molecule has 0 fully saturated rings. The third-order valence-corrected chi connectivity index (χ3v) is 3.38. The molecule has 0 unspecified atom stereocenters. The molecule has 0 N–H and O–H groups in total. The van der Waals surface area contributed by atoms with Crippen molar-refractivity contribution in [3.05, 3.63) is 34.0 Å². The van der Waals surface area contributed by atoms with Gasteiger partial charge in [0.2, 0.25) is 0 Å². The number of nitrogens with zero attached hydrogens (tertiary/aromatic N) is 3. The van der Waals surface area contributed by atoms with Gasteiger partial charge in [-0.05, 0) is 19.4 Å². The lowest BCUT2D eigenvalue weighted by Gasteiger charge is -2.03. The molecule has 0 saturated carbocycles. The molecule has 4 nitrogen and oxygen atoms in total. The number of hydrogen-bond acceptors (Lipinski definition) is 4. The van der Waals surface area contributed by atoms with E-state index in [1.54, 1.807) is 16.9 Å². The molecule has 0 radical (unpaired) electrons. The minimum Gasteiger partial charge on any atom is -0.292 e. The number of thiazole rings is 1. The molecule has 0 aliphatic heterocycles. The standard InChI is InChI=1S/C12H15N3OS/c1-3-6-15-10(4-5-13-15)11(16)7-12-14-9(2)8-17-12/h4-5,8H,3,6-7H2,1-2H3. The second-order valence-corrected chi connectivity index (χ2v) is 4.86. The van der Waals surface area contributed by atoms with Gasteiger partial charge in [0.15, 0.2) is 5.78 Å². The van der Waals surface area contributed by atoms with E-state index in [1.165, 1.54) is 11.3 Å². The van der Waals surface area contributed by atoms with Crippen molar-refractivity contribution in [3.8, 4) is 0 Å². The summed E-state index contributed by atoms with van der Waals surface area (Å²) in [4.78, 5) is 16.4. The van der Waals surface area contributed by atoms with Gasteiger partial charge in [0.25, 0.3) is 0 Å². The van der Waals surface area contributed by atoms with E-state index < -0.39 is 0 Å². The molecule has 2 aromatic rings. The molecular formula is C12H15N3OS. The molecule has 0 saturated heterocycles. The van der Waals surface area contributed by atoms with E-state index in [2.05, 4.69) is 17.0 Å². The molecule has 5 heteroatoms. The van der Waals surface area contributed by atoms with Crippen LogP contribution in [0.25, 0.3) is 0 Å². The summed E-state index contributed by atoms with van der Waals surface area (Å²) in [5.41, 5.74) is 1.65. The Balaban J connectivity index is 2.11. The summed E-state index contributed by atoms with van der Waals surface area (Å²) in [6.07, 6.45) is 3.02. The molecule has 2 rings (SSSR count). The van der Waals surface area contributed by atoms with Crippen LogP contribution in [0.2, 0.25) is 0 Å². The fourth-order valence-corrected chi connectivity index (χ4v) is 2.44. The highest BCUT2D eigenvalue weighted by Gasteiger charge is 2.13. The van der Waals surface area contributed by atoms with Gasteiger partial charge in [0.05, 0.1) is 6.42 Å². The first kappa shape index (κ1) is 12.0. The van der Waals surface area contributed by atoms with E-state index in [-0.39, 0.29) is 5.78 Å². The van der Waals surface area contributed by atoms with Crippen molar-refractivity contribution in [1.82, 2.24) is 14.8 Å². The van der Waals surface area contributed by atoms with E-state index in [9.17, 15) is 4.79 Å². The van der Waals surface area contributed by atoms with Crippen LogP contribution in [0.5, 0.6) is 0 Å². The highest BCUT2D eigenvalue weighted by Crippen LogP contribution is 2.12. The Morgan fingerprint density at radius 2 is 2.35 bits per heavy atom. The summed E-state index contributed by atoms with van der Waals surface area (Å²) < 4.78 is 1.77. The highest BCUT2D eigenvalue weighted by atomic mass is 32.1.